The largest absolute Gasteiger partial charge is 0.496 e. The number of halogens is 2. The van der Waals surface area contributed by atoms with Crippen molar-refractivity contribution in [3.8, 4) is 5.75 Å². The van der Waals surface area contributed by atoms with Gasteiger partial charge in [0.15, 0.2) is 0 Å². The van der Waals surface area contributed by atoms with Crippen LogP contribution in [0.4, 0.5) is 14.9 Å². The van der Waals surface area contributed by atoms with E-state index in [0.29, 0.717) is 5.75 Å². The van der Waals surface area contributed by atoms with E-state index >= 15 is 0 Å². The second kappa shape index (κ2) is 6.95. The van der Waals surface area contributed by atoms with E-state index in [-0.39, 0.29) is 17.3 Å². The van der Waals surface area contributed by atoms with Crippen LogP contribution in [-0.4, -0.2) is 13.1 Å². The quantitative estimate of drug-likeness (QED) is 0.902. The highest BCUT2D eigenvalue weighted by molar-refractivity contribution is 6.30. The number of hydrogen-bond acceptors (Lipinski definition) is 2. The van der Waals surface area contributed by atoms with E-state index in [0.717, 1.165) is 11.6 Å². The van der Waals surface area contributed by atoms with Gasteiger partial charge in [0, 0.05) is 17.1 Å². The molecule has 0 aliphatic rings. The number of rotatable bonds is 4. The number of benzene rings is 2. The molecule has 110 valence electrons. The van der Waals surface area contributed by atoms with Crippen molar-refractivity contribution < 1.29 is 13.9 Å². The van der Waals surface area contributed by atoms with Gasteiger partial charge >= 0.3 is 6.03 Å². The van der Waals surface area contributed by atoms with Crippen molar-refractivity contribution in [1.82, 2.24) is 5.32 Å². The fourth-order valence-corrected chi connectivity index (χ4v) is 1.94. The molecular weight excluding hydrogens is 295 g/mol. The van der Waals surface area contributed by atoms with Crippen LogP contribution in [0.3, 0.4) is 0 Å². The molecule has 2 rings (SSSR count). The lowest BCUT2D eigenvalue weighted by atomic mass is 10.2. The maximum Gasteiger partial charge on any atom is 0.319 e. The number of methoxy groups -OCH3 is 1. The number of carbonyl (C=O) groups is 1. The van der Waals surface area contributed by atoms with Crippen molar-refractivity contribution in [2.75, 3.05) is 12.4 Å². The molecule has 6 heteroatoms. The third kappa shape index (κ3) is 4.10. The van der Waals surface area contributed by atoms with E-state index in [2.05, 4.69) is 10.6 Å². The lowest BCUT2D eigenvalue weighted by Crippen LogP contribution is -2.28. The van der Waals surface area contributed by atoms with Gasteiger partial charge in [-0.3, -0.25) is 0 Å². The zero-order valence-electron chi connectivity index (χ0n) is 11.3. The smallest absolute Gasteiger partial charge is 0.319 e. The summed E-state index contributed by atoms with van der Waals surface area (Å²) in [5.41, 5.74) is 0.892. The summed E-state index contributed by atoms with van der Waals surface area (Å²) in [6.07, 6.45) is 0. The minimum atomic E-state index is -0.588. The molecule has 0 radical (unpaired) electrons. The molecule has 0 atom stereocenters. The molecule has 2 amide bonds. The Hall–Kier alpha value is -2.27. The number of carbonyl (C=O) groups excluding carboxylic acids is 1. The van der Waals surface area contributed by atoms with Crippen LogP contribution in [0.5, 0.6) is 5.75 Å². The molecule has 4 nitrogen and oxygen atoms in total. The van der Waals surface area contributed by atoms with Crippen molar-refractivity contribution in [1.29, 1.82) is 0 Å². The van der Waals surface area contributed by atoms with E-state index in [4.69, 9.17) is 16.3 Å². The first-order valence-electron chi connectivity index (χ1n) is 6.22. The molecule has 0 aliphatic heterocycles. The normalized spacial score (nSPS) is 10.0. The summed E-state index contributed by atoms with van der Waals surface area (Å²) in [5, 5.41) is 5.33. The van der Waals surface area contributed by atoms with Gasteiger partial charge < -0.3 is 15.4 Å². The Labute approximate surface area is 126 Å². The summed E-state index contributed by atoms with van der Waals surface area (Å²) >= 11 is 5.65. The van der Waals surface area contributed by atoms with Crippen molar-refractivity contribution in [2.45, 2.75) is 6.54 Å². The minimum absolute atomic E-state index is 0.0666. The second-order valence-electron chi connectivity index (χ2n) is 4.24. The second-order valence-corrected chi connectivity index (χ2v) is 4.68. The van der Waals surface area contributed by atoms with Crippen LogP contribution in [0.1, 0.15) is 5.56 Å². The molecule has 21 heavy (non-hydrogen) atoms. The summed E-state index contributed by atoms with van der Waals surface area (Å²) in [6, 6.07) is 10.8. The maximum absolute atomic E-state index is 13.5. The number of nitrogens with one attached hydrogen (secondary N) is 2. The number of amides is 2. The highest BCUT2D eigenvalue weighted by Gasteiger charge is 2.08. The van der Waals surface area contributed by atoms with Crippen molar-refractivity contribution in [3.63, 3.8) is 0 Å². The van der Waals surface area contributed by atoms with Crippen LogP contribution in [-0.2, 0) is 6.54 Å². The molecule has 0 bridgehead atoms. The molecule has 0 fully saturated rings. The van der Waals surface area contributed by atoms with Gasteiger partial charge in [-0.25, -0.2) is 9.18 Å². The van der Waals surface area contributed by atoms with Crippen molar-refractivity contribution in [3.05, 3.63) is 58.9 Å². The monoisotopic (exact) mass is 308 g/mol. The van der Waals surface area contributed by atoms with Crippen LogP contribution in [0.15, 0.2) is 42.5 Å². The van der Waals surface area contributed by atoms with Gasteiger partial charge in [0.25, 0.3) is 0 Å². The van der Waals surface area contributed by atoms with Crippen LogP contribution < -0.4 is 15.4 Å². The van der Waals surface area contributed by atoms with Gasteiger partial charge in [-0.1, -0.05) is 29.8 Å². The molecule has 0 heterocycles. The van der Waals surface area contributed by atoms with E-state index in [1.807, 2.05) is 18.2 Å². The SMILES string of the molecule is COc1ccccc1CNC(=O)Nc1ccc(Cl)cc1F. The standard InChI is InChI=1S/C15H14ClFN2O2/c1-21-14-5-3-2-4-10(14)9-18-15(20)19-13-7-6-11(16)8-12(13)17/h2-8H,9H2,1H3,(H2,18,19,20). The fraction of sp³-hybridized carbons (Fsp3) is 0.133. The molecule has 0 unspecified atom stereocenters. The first-order valence-corrected chi connectivity index (χ1v) is 6.59. The maximum atomic E-state index is 13.5. The van der Waals surface area contributed by atoms with Crippen molar-refractivity contribution in [2.24, 2.45) is 0 Å². The Bertz CT molecular complexity index is 649. The first kappa shape index (κ1) is 15.1. The lowest BCUT2D eigenvalue weighted by Gasteiger charge is -2.11. The predicted octanol–water partition coefficient (Wildman–Crippen LogP) is 3.81. The number of para-hydroxylation sites is 1. The molecule has 2 aromatic rings. The molecule has 0 spiro atoms. The summed E-state index contributed by atoms with van der Waals surface area (Å²) in [5.74, 6) is 0.0883. The van der Waals surface area contributed by atoms with Crippen LogP contribution in [0, 0.1) is 5.82 Å². The van der Waals surface area contributed by atoms with E-state index in [1.54, 1.807) is 13.2 Å². The minimum Gasteiger partial charge on any atom is -0.496 e. The van der Waals surface area contributed by atoms with E-state index in [9.17, 15) is 9.18 Å². The van der Waals surface area contributed by atoms with Gasteiger partial charge in [0.05, 0.1) is 12.8 Å². The topological polar surface area (TPSA) is 50.4 Å². The van der Waals surface area contributed by atoms with E-state index in [1.165, 1.54) is 12.1 Å². The molecule has 0 saturated carbocycles. The fourth-order valence-electron chi connectivity index (χ4n) is 1.78. The summed E-state index contributed by atoms with van der Waals surface area (Å²) < 4.78 is 18.7. The Morgan fingerprint density at radius 2 is 2.05 bits per heavy atom. The van der Waals surface area contributed by atoms with Crippen LogP contribution >= 0.6 is 11.6 Å². The zero-order valence-corrected chi connectivity index (χ0v) is 12.1. The van der Waals surface area contributed by atoms with E-state index < -0.39 is 11.8 Å². The number of urea groups is 1. The molecular formula is C15H14ClFN2O2. The van der Waals surface area contributed by atoms with Gasteiger partial charge in [0.1, 0.15) is 11.6 Å². The predicted molar refractivity (Wildman–Crippen MR) is 80.3 cm³/mol. The molecule has 0 aliphatic carbocycles. The average Bonchev–Trinajstić information content (AvgIpc) is 2.48. The Morgan fingerprint density at radius 3 is 2.76 bits per heavy atom. The zero-order chi connectivity index (χ0) is 15.2. The van der Waals surface area contributed by atoms with Gasteiger partial charge in [-0.2, -0.15) is 0 Å². The Kier molecular flexibility index (Phi) is 5.00. The average molecular weight is 309 g/mol. The third-order valence-electron chi connectivity index (χ3n) is 2.81. The van der Waals surface area contributed by atoms with Gasteiger partial charge in [-0.05, 0) is 24.3 Å². The van der Waals surface area contributed by atoms with Crippen molar-refractivity contribution >= 4 is 23.3 Å². The van der Waals surface area contributed by atoms with Crippen LogP contribution in [0.2, 0.25) is 5.02 Å². The number of anilines is 1. The summed E-state index contributed by atoms with van der Waals surface area (Å²) in [7, 11) is 1.56. The van der Waals surface area contributed by atoms with Gasteiger partial charge in [-0.15, -0.1) is 0 Å². The third-order valence-corrected chi connectivity index (χ3v) is 3.05. The first-order chi connectivity index (χ1) is 10.1. The highest BCUT2D eigenvalue weighted by atomic mass is 35.5. The highest BCUT2D eigenvalue weighted by Crippen LogP contribution is 2.19. The Morgan fingerprint density at radius 1 is 1.29 bits per heavy atom. The molecule has 2 N–H and O–H groups in total. The Balaban J connectivity index is 1.96. The molecule has 0 aromatic heterocycles. The number of ether oxygens (including phenoxy) is 1. The molecule has 0 saturated heterocycles. The molecule has 2 aromatic carbocycles. The lowest BCUT2D eigenvalue weighted by molar-refractivity contribution is 0.251. The summed E-state index contributed by atoms with van der Waals surface area (Å²) in [6.45, 7) is 0.269. The number of hydrogen-bond donors (Lipinski definition) is 2. The van der Waals surface area contributed by atoms with Gasteiger partial charge in [0.2, 0.25) is 0 Å². The summed E-state index contributed by atoms with van der Waals surface area (Å²) in [4.78, 5) is 11.8. The van der Waals surface area contributed by atoms with Crippen LogP contribution in [0.25, 0.3) is 0 Å².